The Labute approximate surface area is 151 Å². The van der Waals surface area contributed by atoms with Crippen LogP contribution < -0.4 is 0 Å². The number of halogens is 13. The van der Waals surface area contributed by atoms with Crippen molar-refractivity contribution in [2.45, 2.75) is 81.2 Å². The molecule has 0 aliphatic rings. The monoisotopic (exact) mass is 444 g/mol. The minimum absolute atomic E-state index is 0.321. The number of alkyl halides is 13. The fourth-order valence-electron chi connectivity index (χ4n) is 1.97. The van der Waals surface area contributed by atoms with E-state index in [1.807, 2.05) is 6.92 Å². The Balaban J connectivity index is 5.51. The summed E-state index contributed by atoms with van der Waals surface area (Å²) in [4.78, 5) is 0. The lowest BCUT2D eigenvalue weighted by Gasteiger charge is -2.39. The van der Waals surface area contributed by atoms with Crippen molar-refractivity contribution < 1.29 is 57.1 Å². The van der Waals surface area contributed by atoms with Gasteiger partial charge in [0.05, 0.1) is 0 Å². The van der Waals surface area contributed by atoms with Gasteiger partial charge < -0.3 is 0 Å². The molecule has 0 aliphatic heterocycles. The van der Waals surface area contributed by atoms with Crippen LogP contribution in [0.4, 0.5) is 57.1 Å². The van der Waals surface area contributed by atoms with Crippen molar-refractivity contribution in [2.75, 3.05) is 0 Å². The van der Waals surface area contributed by atoms with E-state index in [0.29, 0.717) is 12.8 Å². The van der Waals surface area contributed by atoms with Crippen LogP contribution in [-0.4, -0.2) is 35.8 Å². The smallest absolute Gasteiger partial charge is 0.200 e. The van der Waals surface area contributed by atoms with Crippen molar-refractivity contribution in [3.05, 3.63) is 12.2 Å². The summed E-state index contributed by atoms with van der Waals surface area (Å²) in [7, 11) is 0. The first-order valence-electron chi connectivity index (χ1n) is 7.92. The lowest BCUT2D eigenvalue weighted by atomic mass is 9.92. The zero-order valence-corrected chi connectivity index (χ0v) is 14.3. The minimum Gasteiger partial charge on any atom is -0.200 e. The van der Waals surface area contributed by atoms with Crippen molar-refractivity contribution in [3.63, 3.8) is 0 Å². The molecule has 0 N–H and O–H groups in total. The van der Waals surface area contributed by atoms with Gasteiger partial charge >= 0.3 is 35.8 Å². The van der Waals surface area contributed by atoms with Crippen LogP contribution in [0, 0.1) is 0 Å². The molecule has 0 fully saturated rings. The fraction of sp³-hybridized carbons (Fsp3) is 0.867. The van der Waals surface area contributed by atoms with Gasteiger partial charge in [0.1, 0.15) is 0 Å². The van der Waals surface area contributed by atoms with Gasteiger partial charge in [-0.15, -0.1) is 0 Å². The highest BCUT2D eigenvalue weighted by molar-refractivity contribution is 5.10. The average molecular weight is 444 g/mol. The molecule has 0 nitrogen and oxygen atoms in total. The van der Waals surface area contributed by atoms with Crippen LogP contribution in [0.15, 0.2) is 12.2 Å². The van der Waals surface area contributed by atoms with E-state index in [1.54, 1.807) is 0 Å². The molecule has 0 radical (unpaired) electrons. The number of hydrogen-bond acceptors (Lipinski definition) is 0. The van der Waals surface area contributed by atoms with Crippen molar-refractivity contribution in [1.82, 2.24) is 0 Å². The van der Waals surface area contributed by atoms with Crippen LogP contribution in [0.2, 0.25) is 0 Å². The molecular weight excluding hydrogens is 427 g/mol. The standard InChI is InChI=1S/C15H17F13/c1-2-3-4-5-6-7-8-9-10(16,17)11(18,19)12(20,21)13(22,23)14(24,25)15(26,27)28/h6-7H,2-5,8-9H2,1H3/b7-6+. The molecule has 0 aromatic heterocycles. The van der Waals surface area contributed by atoms with Crippen LogP contribution >= 0.6 is 0 Å². The van der Waals surface area contributed by atoms with E-state index in [-0.39, 0.29) is 0 Å². The number of allylic oxidation sites excluding steroid dienone is 2. The second-order valence-electron chi connectivity index (χ2n) is 6.01. The van der Waals surface area contributed by atoms with Crippen molar-refractivity contribution in [1.29, 1.82) is 0 Å². The summed E-state index contributed by atoms with van der Waals surface area (Å²) in [5, 5.41) is 0. The zero-order valence-electron chi connectivity index (χ0n) is 14.3. The summed E-state index contributed by atoms with van der Waals surface area (Å²) < 4.78 is 167. The van der Waals surface area contributed by atoms with Gasteiger partial charge in [0, 0.05) is 6.42 Å². The molecule has 0 aromatic rings. The van der Waals surface area contributed by atoms with Gasteiger partial charge in [-0.2, -0.15) is 57.1 Å². The topological polar surface area (TPSA) is 0 Å². The van der Waals surface area contributed by atoms with Crippen molar-refractivity contribution in [3.8, 4) is 0 Å². The largest absolute Gasteiger partial charge is 0.460 e. The Morgan fingerprint density at radius 3 is 1.39 bits per heavy atom. The highest BCUT2D eigenvalue weighted by atomic mass is 19.4. The summed E-state index contributed by atoms with van der Waals surface area (Å²) in [6.07, 6.45) is -6.03. The molecule has 0 spiro atoms. The van der Waals surface area contributed by atoms with Crippen LogP contribution in [0.25, 0.3) is 0 Å². The third kappa shape index (κ3) is 4.87. The molecule has 0 amide bonds. The summed E-state index contributed by atoms with van der Waals surface area (Å²) in [5.41, 5.74) is 0. The normalized spacial score (nSPS) is 15.5. The van der Waals surface area contributed by atoms with Crippen molar-refractivity contribution in [2.24, 2.45) is 0 Å². The van der Waals surface area contributed by atoms with E-state index in [0.717, 1.165) is 18.9 Å². The van der Waals surface area contributed by atoms with E-state index in [1.165, 1.54) is 6.08 Å². The van der Waals surface area contributed by atoms with Crippen LogP contribution in [0.3, 0.4) is 0 Å². The maximum absolute atomic E-state index is 13.4. The average Bonchev–Trinajstić information content (AvgIpc) is 2.52. The summed E-state index contributed by atoms with van der Waals surface area (Å²) in [5.74, 6) is -36.4. The predicted octanol–water partition coefficient (Wildman–Crippen LogP) is 7.64. The summed E-state index contributed by atoms with van der Waals surface area (Å²) >= 11 is 0. The Morgan fingerprint density at radius 2 is 0.964 bits per heavy atom. The van der Waals surface area contributed by atoms with Gasteiger partial charge in [0.2, 0.25) is 0 Å². The van der Waals surface area contributed by atoms with Gasteiger partial charge in [-0.3, -0.25) is 0 Å². The Kier molecular flexibility index (Phi) is 8.32. The first-order valence-corrected chi connectivity index (χ1v) is 7.92. The molecule has 13 heteroatoms. The van der Waals surface area contributed by atoms with Crippen LogP contribution in [0.1, 0.15) is 45.4 Å². The number of unbranched alkanes of at least 4 members (excludes halogenated alkanes) is 3. The Bertz CT molecular complexity index is 517. The molecule has 0 atom stereocenters. The first-order chi connectivity index (χ1) is 12.3. The molecule has 0 heterocycles. The highest BCUT2D eigenvalue weighted by Crippen LogP contribution is 2.60. The van der Waals surface area contributed by atoms with Gasteiger partial charge in [0.25, 0.3) is 0 Å². The predicted molar refractivity (Wildman–Crippen MR) is 73.3 cm³/mol. The molecule has 0 saturated heterocycles. The third-order valence-corrected chi connectivity index (χ3v) is 3.76. The zero-order chi connectivity index (χ0) is 22.7. The lowest BCUT2D eigenvalue weighted by Crippen LogP contribution is -2.70. The molecule has 0 rings (SSSR count). The fourth-order valence-corrected chi connectivity index (χ4v) is 1.97. The summed E-state index contributed by atoms with van der Waals surface area (Å²) in [6.45, 7) is 1.84. The molecule has 28 heavy (non-hydrogen) atoms. The van der Waals surface area contributed by atoms with E-state index < -0.39 is 48.6 Å². The molecule has 0 aliphatic carbocycles. The maximum atomic E-state index is 13.4. The molecule has 0 unspecified atom stereocenters. The van der Waals surface area contributed by atoms with Crippen molar-refractivity contribution >= 4 is 0 Å². The first kappa shape index (κ1) is 26.8. The van der Waals surface area contributed by atoms with E-state index >= 15 is 0 Å². The van der Waals surface area contributed by atoms with Gasteiger partial charge in [-0.05, 0) is 19.3 Å². The van der Waals surface area contributed by atoms with E-state index in [2.05, 4.69) is 0 Å². The SMILES string of the molecule is CCCCC/C=C/CCC(F)(F)C(F)(F)C(F)(F)C(F)(F)C(F)(F)C(F)(F)F. The third-order valence-electron chi connectivity index (χ3n) is 3.76. The molecule has 0 bridgehead atoms. The maximum Gasteiger partial charge on any atom is 0.460 e. The molecule has 0 saturated carbocycles. The minimum atomic E-state index is -7.83. The van der Waals surface area contributed by atoms with E-state index in [9.17, 15) is 57.1 Å². The second-order valence-corrected chi connectivity index (χ2v) is 6.01. The Morgan fingerprint density at radius 1 is 0.536 bits per heavy atom. The van der Waals surface area contributed by atoms with Gasteiger partial charge in [0.15, 0.2) is 0 Å². The summed E-state index contributed by atoms with van der Waals surface area (Å²) in [6, 6.07) is 0. The highest BCUT2D eigenvalue weighted by Gasteiger charge is 2.90. The number of hydrogen-bond donors (Lipinski definition) is 0. The number of rotatable bonds is 11. The lowest BCUT2D eigenvalue weighted by molar-refractivity contribution is -0.440. The Hall–Kier alpha value is -1.17. The van der Waals surface area contributed by atoms with Gasteiger partial charge in [-0.1, -0.05) is 31.9 Å². The second kappa shape index (κ2) is 8.68. The van der Waals surface area contributed by atoms with Crippen LogP contribution in [-0.2, 0) is 0 Å². The molecule has 0 aromatic carbocycles. The molecular formula is C15H17F13. The van der Waals surface area contributed by atoms with E-state index in [4.69, 9.17) is 0 Å². The van der Waals surface area contributed by atoms with Crippen LogP contribution in [0.5, 0.6) is 0 Å². The van der Waals surface area contributed by atoms with Gasteiger partial charge in [-0.25, -0.2) is 0 Å². The quantitative estimate of drug-likeness (QED) is 0.175. The molecule has 168 valence electrons.